The Morgan fingerprint density at radius 2 is 1.60 bits per heavy atom. The standard InChI is InChI=1S/C53H60N4O13/c1-2-29-67-53-49(55(25-30-66-31-28-60)50(61)24-19-37-17-20-40(21-18-37)56(62)63)35-47(54-68-36-38-11-4-3-5-12-38)45-32-39(13-6-8-26-58)44(16-7-9-27-59)51(52(45)53)46-34-43(22-23-48(46)70-53)69-42-15-10-14-41(33-42)57(64)65/h2-5,10-12,14-15,17-24,32-34,39,44,49,51-52,58-60H,1,6-9,13,16,25-31,35-36H2/t39-,44+,49-,51+,52+,53+/m0/s1. The predicted octanol–water partition coefficient (Wildman–Crippen LogP) is 8.68. The van der Waals surface area contributed by atoms with Crippen molar-refractivity contribution in [3.8, 4) is 17.2 Å². The number of carbonyl (C=O) groups is 1. The van der Waals surface area contributed by atoms with Gasteiger partial charge in [0.05, 0.1) is 54.0 Å². The number of carbonyl (C=O) groups excluding carboxylic acids is 1. The molecule has 0 bridgehead atoms. The minimum atomic E-state index is -1.61. The van der Waals surface area contributed by atoms with Gasteiger partial charge >= 0.3 is 0 Å². The summed E-state index contributed by atoms with van der Waals surface area (Å²) in [5, 5.41) is 57.7. The van der Waals surface area contributed by atoms with Crippen molar-refractivity contribution in [3.05, 3.63) is 164 Å². The third-order valence-corrected chi connectivity index (χ3v) is 13.1. The highest BCUT2D eigenvalue weighted by atomic mass is 16.7. The van der Waals surface area contributed by atoms with Crippen molar-refractivity contribution in [1.82, 2.24) is 4.90 Å². The van der Waals surface area contributed by atoms with E-state index in [9.17, 15) is 40.3 Å². The monoisotopic (exact) mass is 960 g/mol. The van der Waals surface area contributed by atoms with Gasteiger partial charge in [-0.15, -0.1) is 6.58 Å². The van der Waals surface area contributed by atoms with E-state index in [1.807, 2.05) is 36.4 Å². The zero-order chi connectivity index (χ0) is 49.5. The number of oxime groups is 1. The number of aliphatic hydroxyl groups is 3. The molecule has 0 radical (unpaired) electrons. The summed E-state index contributed by atoms with van der Waals surface area (Å²) < 4.78 is 26.5. The van der Waals surface area contributed by atoms with Crippen molar-refractivity contribution in [2.45, 2.75) is 69.3 Å². The maximum Gasteiger partial charge on any atom is 0.273 e. The second-order valence-electron chi connectivity index (χ2n) is 17.4. The van der Waals surface area contributed by atoms with E-state index in [-0.39, 0.29) is 88.2 Å². The minimum absolute atomic E-state index is 0.00478. The van der Waals surface area contributed by atoms with Crippen LogP contribution in [0.2, 0.25) is 0 Å². The highest BCUT2D eigenvalue weighted by molar-refractivity contribution is 6.03. The van der Waals surface area contributed by atoms with Crippen molar-refractivity contribution < 1.29 is 53.7 Å². The first-order valence-corrected chi connectivity index (χ1v) is 23.7. The average molecular weight is 961 g/mol. The molecular formula is C53H60N4O13. The normalized spacial score (nSPS) is 21.8. The van der Waals surface area contributed by atoms with Crippen LogP contribution in [-0.4, -0.2) is 99.7 Å². The second kappa shape index (κ2) is 24.7. The molecule has 17 nitrogen and oxygen atoms in total. The van der Waals surface area contributed by atoms with Crippen LogP contribution in [0.5, 0.6) is 17.2 Å². The molecule has 4 aromatic carbocycles. The molecule has 0 saturated heterocycles. The number of allylic oxidation sites excluding steroid dienone is 1. The van der Waals surface area contributed by atoms with Crippen molar-refractivity contribution >= 4 is 29.1 Å². The van der Waals surface area contributed by atoms with Crippen LogP contribution >= 0.6 is 0 Å². The van der Waals surface area contributed by atoms with Crippen LogP contribution in [0.15, 0.2) is 133 Å². The summed E-state index contributed by atoms with van der Waals surface area (Å²) in [6.45, 7) is 4.07. The molecule has 370 valence electrons. The van der Waals surface area contributed by atoms with Crippen LogP contribution in [0.4, 0.5) is 11.4 Å². The van der Waals surface area contributed by atoms with Gasteiger partial charge in [0.15, 0.2) is 0 Å². The number of benzene rings is 4. The topological polar surface area (TPSA) is 226 Å². The number of aliphatic hydroxyl groups excluding tert-OH is 3. The van der Waals surface area contributed by atoms with Gasteiger partial charge in [-0.3, -0.25) is 25.0 Å². The third-order valence-electron chi connectivity index (χ3n) is 13.1. The number of rotatable bonds is 26. The van der Waals surface area contributed by atoms with Gasteiger partial charge in [-0.1, -0.05) is 66.5 Å². The van der Waals surface area contributed by atoms with Gasteiger partial charge < -0.3 is 44.0 Å². The molecule has 7 rings (SSSR count). The highest BCUT2D eigenvalue weighted by Crippen LogP contribution is 2.62. The molecule has 1 amide bonds. The van der Waals surface area contributed by atoms with E-state index >= 15 is 0 Å². The van der Waals surface area contributed by atoms with Gasteiger partial charge in [-0.25, -0.2) is 0 Å². The SMILES string of the molecule is C=CCO[C@@]12Oc3ccc(Oc4cccc([N+](=O)[O-])c4)cc3[C@H]3[C@H](CCCCO)[C@@H](CCCCO)C=C(C(=NOCc4ccccc4)C[C@@H]1N(CCOCCO)C(=O)C=Cc1ccc([N+](=O)[O-])cc1)[C@H]32. The molecule has 2 aliphatic carbocycles. The lowest BCUT2D eigenvalue weighted by atomic mass is 9.55. The Kier molecular flexibility index (Phi) is 18.0. The van der Waals surface area contributed by atoms with E-state index in [1.165, 1.54) is 30.3 Å². The van der Waals surface area contributed by atoms with Crippen LogP contribution in [0.1, 0.15) is 67.6 Å². The zero-order valence-corrected chi connectivity index (χ0v) is 39.0. The first-order valence-electron chi connectivity index (χ1n) is 23.7. The molecule has 1 aliphatic heterocycles. The summed E-state index contributed by atoms with van der Waals surface area (Å²) in [6.07, 6.45) is 10.9. The van der Waals surface area contributed by atoms with Gasteiger partial charge in [0.2, 0.25) is 11.7 Å². The Morgan fingerprint density at radius 3 is 2.31 bits per heavy atom. The number of unbranched alkanes of at least 4 members (excludes halogenated alkanes) is 2. The summed E-state index contributed by atoms with van der Waals surface area (Å²) in [6, 6.07) is 25.9. The van der Waals surface area contributed by atoms with E-state index in [1.54, 1.807) is 53.5 Å². The minimum Gasteiger partial charge on any atom is -0.459 e. The Balaban J connectivity index is 1.43. The fraction of sp³-hybridized carbons (Fsp3) is 0.396. The van der Waals surface area contributed by atoms with E-state index in [2.05, 4.69) is 12.7 Å². The summed E-state index contributed by atoms with van der Waals surface area (Å²) in [5.74, 6) is -2.15. The average Bonchev–Trinajstić information content (AvgIpc) is 3.37. The molecular weight excluding hydrogens is 901 g/mol. The molecule has 70 heavy (non-hydrogen) atoms. The Morgan fingerprint density at radius 1 is 0.857 bits per heavy atom. The van der Waals surface area contributed by atoms with E-state index in [0.717, 1.165) is 29.5 Å². The molecule has 6 atom stereocenters. The van der Waals surface area contributed by atoms with Gasteiger partial charge in [0.25, 0.3) is 11.4 Å². The maximum absolute atomic E-state index is 15.0. The number of ether oxygens (including phenoxy) is 4. The quantitative estimate of drug-likeness (QED) is 0.0176. The van der Waals surface area contributed by atoms with Gasteiger partial charge in [0.1, 0.15) is 29.9 Å². The Bertz CT molecular complexity index is 2520. The summed E-state index contributed by atoms with van der Waals surface area (Å²) in [4.78, 5) is 45.0. The molecule has 17 heteroatoms. The lowest BCUT2D eigenvalue weighted by Crippen LogP contribution is -2.70. The summed E-state index contributed by atoms with van der Waals surface area (Å²) in [5.41, 5.74) is 3.39. The number of hydrogen-bond donors (Lipinski definition) is 3. The summed E-state index contributed by atoms with van der Waals surface area (Å²) in [7, 11) is 0. The van der Waals surface area contributed by atoms with Crippen LogP contribution in [0.25, 0.3) is 6.08 Å². The van der Waals surface area contributed by atoms with Gasteiger partial charge in [-0.05, 0) is 96.7 Å². The highest BCUT2D eigenvalue weighted by Gasteiger charge is 2.65. The Labute approximate surface area is 406 Å². The number of non-ortho nitro benzene ring substituents is 2. The second-order valence-corrected chi connectivity index (χ2v) is 17.4. The fourth-order valence-electron chi connectivity index (χ4n) is 9.99. The van der Waals surface area contributed by atoms with Crippen LogP contribution in [0, 0.1) is 38.0 Å². The Hall–Kier alpha value is -6.76. The number of amides is 1. The van der Waals surface area contributed by atoms with Crippen molar-refractivity contribution in [2.24, 2.45) is 22.9 Å². The van der Waals surface area contributed by atoms with Crippen molar-refractivity contribution in [3.63, 3.8) is 0 Å². The number of nitro benzene ring substituents is 2. The maximum atomic E-state index is 15.0. The first kappa shape index (κ1) is 51.1. The number of hydrogen-bond acceptors (Lipinski definition) is 14. The molecule has 3 aliphatic rings. The van der Waals surface area contributed by atoms with Crippen LogP contribution in [-0.2, 0) is 25.7 Å². The molecule has 1 fully saturated rings. The lowest BCUT2D eigenvalue weighted by Gasteiger charge is -2.60. The molecule has 0 unspecified atom stereocenters. The molecule has 3 N–H and O–H groups in total. The molecule has 0 aromatic heterocycles. The van der Waals surface area contributed by atoms with E-state index in [4.69, 9.17) is 28.9 Å². The fourth-order valence-corrected chi connectivity index (χ4v) is 9.99. The largest absolute Gasteiger partial charge is 0.459 e. The van der Waals surface area contributed by atoms with Crippen molar-refractivity contribution in [2.75, 3.05) is 46.2 Å². The number of fused-ring (bicyclic) bond motifs is 2. The van der Waals surface area contributed by atoms with Crippen LogP contribution < -0.4 is 9.47 Å². The first-order chi connectivity index (χ1) is 34.1. The molecule has 1 saturated carbocycles. The predicted molar refractivity (Wildman–Crippen MR) is 261 cm³/mol. The lowest BCUT2D eigenvalue weighted by molar-refractivity contribution is -0.385. The number of nitro groups is 2. The van der Waals surface area contributed by atoms with Gasteiger partial charge in [0, 0.05) is 61.9 Å². The smallest absolute Gasteiger partial charge is 0.273 e. The summed E-state index contributed by atoms with van der Waals surface area (Å²) >= 11 is 0. The third kappa shape index (κ3) is 12.2. The number of nitrogens with zero attached hydrogens (tertiary/aromatic N) is 4. The van der Waals surface area contributed by atoms with Crippen molar-refractivity contribution in [1.29, 1.82) is 0 Å². The molecule has 0 spiro atoms. The zero-order valence-electron chi connectivity index (χ0n) is 39.0. The van der Waals surface area contributed by atoms with E-state index < -0.39 is 39.4 Å². The molecule has 1 heterocycles. The van der Waals surface area contributed by atoms with Gasteiger partial charge in [-0.2, -0.15) is 0 Å². The van der Waals surface area contributed by atoms with Crippen LogP contribution in [0.3, 0.4) is 0 Å². The van der Waals surface area contributed by atoms with E-state index in [0.29, 0.717) is 48.5 Å². The molecule has 4 aromatic rings.